The predicted octanol–water partition coefficient (Wildman–Crippen LogP) is 6.81. The summed E-state index contributed by atoms with van der Waals surface area (Å²) in [5.41, 5.74) is 5.05. The van der Waals surface area contributed by atoms with Gasteiger partial charge in [0.25, 0.3) is 0 Å². The molecule has 3 aliphatic carbocycles. The third-order valence-corrected chi connectivity index (χ3v) is 11.9. The molecule has 1 aromatic carbocycles. The van der Waals surface area contributed by atoms with E-state index in [4.69, 9.17) is 9.47 Å². The van der Waals surface area contributed by atoms with Crippen LogP contribution in [0.5, 0.6) is 0 Å². The molecule has 6 aliphatic rings. The highest BCUT2D eigenvalue weighted by atomic mass is 16.5. The van der Waals surface area contributed by atoms with Crippen molar-refractivity contribution in [2.45, 2.75) is 88.4 Å². The second kappa shape index (κ2) is 8.02. The maximum absolute atomic E-state index is 7.57. The highest BCUT2D eigenvalue weighted by Crippen LogP contribution is 2.69. The summed E-state index contributed by atoms with van der Waals surface area (Å²) in [7, 11) is 2.34. The molecule has 8 rings (SSSR count). The Morgan fingerprint density at radius 1 is 1.05 bits per heavy atom. The van der Waals surface area contributed by atoms with Gasteiger partial charge in [-0.1, -0.05) is 38.1 Å². The molecule has 38 heavy (non-hydrogen) atoms. The SMILES string of the molecule is CN(CC1(C)COC1)[C@@H]1CCC2=CC3=CC[C@]4(C)[C@@H](c5ccc6ccncc6c5)CC[C@H]4[C@@]34CC[C@]2(C1)O4. The zero-order chi connectivity index (χ0) is 25.8. The van der Waals surface area contributed by atoms with Crippen LogP contribution in [0.3, 0.4) is 0 Å². The van der Waals surface area contributed by atoms with Gasteiger partial charge in [-0.15, -0.1) is 0 Å². The van der Waals surface area contributed by atoms with Crippen LogP contribution in [0.2, 0.25) is 0 Å². The number of ether oxygens (including phenoxy) is 2. The topological polar surface area (TPSA) is 34.6 Å². The van der Waals surface area contributed by atoms with E-state index in [1.54, 1.807) is 5.57 Å². The number of benzene rings is 1. The Morgan fingerprint density at radius 3 is 2.79 bits per heavy atom. The molecule has 4 nitrogen and oxygen atoms in total. The van der Waals surface area contributed by atoms with Crippen molar-refractivity contribution < 1.29 is 9.47 Å². The second-order valence-corrected chi connectivity index (χ2v) is 14.3. The Labute approximate surface area is 227 Å². The van der Waals surface area contributed by atoms with Crippen LogP contribution < -0.4 is 0 Å². The van der Waals surface area contributed by atoms with Gasteiger partial charge < -0.3 is 14.4 Å². The van der Waals surface area contributed by atoms with Gasteiger partial charge in [0, 0.05) is 35.8 Å². The molecule has 200 valence electrons. The predicted molar refractivity (Wildman–Crippen MR) is 151 cm³/mol. The van der Waals surface area contributed by atoms with Crippen LogP contribution in [0.25, 0.3) is 10.8 Å². The summed E-state index contributed by atoms with van der Waals surface area (Å²) >= 11 is 0. The highest BCUT2D eigenvalue weighted by molar-refractivity contribution is 5.82. The van der Waals surface area contributed by atoms with E-state index in [2.05, 4.69) is 67.2 Å². The Kier molecular flexibility index (Phi) is 5.03. The minimum absolute atomic E-state index is 0.0451. The maximum Gasteiger partial charge on any atom is 0.0974 e. The summed E-state index contributed by atoms with van der Waals surface area (Å²) in [4.78, 5) is 7.04. The summed E-state index contributed by atoms with van der Waals surface area (Å²) in [6.07, 6.45) is 18.8. The lowest BCUT2D eigenvalue weighted by atomic mass is 9.58. The summed E-state index contributed by atoms with van der Waals surface area (Å²) < 4.78 is 13.1. The van der Waals surface area contributed by atoms with Crippen molar-refractivity contribution in [3.63, 3.8) is 0 Å². The number of hydrogen-bond donors (Lipinski definition) is 0. The third kappa shape index (κ3) is 3.23. The van der Waals surface area contributed by atoms with Crippen LogP contribution >= 0.6 is 0 Å². The lowest BCUT2D eigenvalue weighted by molar-refractivity contribution is -0.147. The molecular weight excluding hydrogens is 468 g/mol. The van der Waals surface area contributed by atoms with E-state index in [0.717, 1.165) is 32.6 Å². The van der Waals surface area contributed by atoms with Crippen LogP contribution in [0, 0.1) is 16.7 Å². The van der Waals surface area contributed by atoms with Crippen molar-refractivity contribution in [2.75, 3.05) is 26.8 Å². The van der Waals surface area contributed by atoms with Gasteiger partial charge in [0.2, 0.25) is 0 Å². The fourth-order valence-corrected chi connectivity index (χ4v) is 9.90. The molecule has 2 saturated heterocycles. The number of hydrogen-bond acceptors (Lipinski definition) is 4. The van der Waals surface area contributed by atoms with Crippen LogP contribution in [0.15, 0.2) is 60.0 Å². The smallest absolute Gasteiger partial charge is 0.0974 e. The lowest BCUT2D eigenvalue weighted by Crippen LogP contribution is -2.56. The zero-order valence-electron chi connectivity index (χ0n) is 23.3. The number of nitrogens with zero attached hydrogens (tertiary/aromatic N) is 2. The first-order valence-corrected chi connectivity index (χ1v) is 15.1. The first kappa shape index (κ1) is 23.8. The standard InChI is InChI=1S/C34H42N2O2/c1-31(21-37-22-31)20-36(3)28-7-6-26-17-27-10-12-32(2)29(24-5-4-23-11-15-35-19-25(23)16-24)8-9-30(32)34(27)14-13-33(26,18-28)38-34/h4-5,10-11,15-17,19,28-30H,6-9,12-14,18,20-22H2,1-3H3/t28-,29-,30-,32-,33-,34-/m1/s1. The van der Waals surface area contributed by atoms with E-state index in [1.807, 2.05) is 12.4 Å². The molecule has 3 aliphatic heterocycles. The molecule has 0 unspecified atom stereocenters. The van der Waals surface area contributed by atoms with Crippen molar-refractivity contribution >= 4 is 10.8 Å². The maximum atomic E-state index is 7.57. The van der Waals surface area contributed by atoms with Crippen LogP contribution in [0.1, 0.15) is 76.7 Å². The lowest BCUT2D eigenvalue weighted by Gasteiger charge is -2.55. The van der Waals surface area contributed by atoms with Crippen LogP contribution in [-0.4, -0.2) is 53.9 Å². The molecule has 2 bridgehead atoms. The minimum atomic E-state index is -0.0854. The van der Waals surface area contributed by atoms with Crippen molar-refractivity contribution in [3.05, 3.63) is 65.5 Å². The zero-order valence-corrected chi connectivity index (χ0v) is 23.3. The second-order valence-electron chi connectivity index (χ2n) is 14.3. The fourth-order valence-electron chi connectivity index (χ4n) is 9.90. The van der Waals surface area contributed by atoms with E-state index in [-0.39, 0.29) is 16.6 Å². The fraction of sp³-hybridized carbons (Fsp3) is 0.618. The van der Waals surface area contributed by atoms with E-state index < -0.39 is 0 Å². The molecule has 2 saturated carbocycles. The molecule has 1 aromatic heterocycles. The molecule has 0 amide bonds. The van der Waals surface area contributed by atoms with Crippen molar-refractivity contribution in [1.29, 1.82) is 0 Å². The van der Waals surface area contributed by atoms with Gasteiger partial charge in [0.05, 0.1) is 24.4 Å². The van der Waals surface area contributed by atoms with Crippen molar-refractivity contribution in [1.82, 2.24) is 9.88 Å². The van der Waals surface area contributed by atoms with Gasteiger partial charge in [-0.3, -0.25) is 4.98 Å². The number of pyridine rings is 1. The quantitative estimate of drug-likeness (QED) is 0.452. The third-order valence-electron chi connectivity index (χ3n) is 11.9. The van der Waals surface area contributed by atoms with Gasteiger partial charge >= 0.3 is 0 Å². The van der Waals surface area contributed by atoms with E-state index in [1.165, 1.54) is 60.4 Å². The average molecular weight is 511 g/mol. The molecular formula is C34H42N2O2. The van der Waals surface area contributed by atoms with Crippen molar-refractivity contribution in [2.24, 2.45) is 16.7 Å². The molecule has 4 heteroatoms. The van der Waals surface area contributed by atoms with E-state index in [9.17, 15) is 0 Å². The summed E-state index contributed by atoms with van der Waals surface area (Å²) in [6.45, 7) is 7.90. The number of aromatic nitrogens is 1. The monoisotopic (exact) mass is 510 g/mol. The van der Waals surface area contributed by atoms with Crippen LogP contribution in [-0.2, 0) is 9.47 Å². The number of rotatable bonds is 4. The molecule has 4 fully saturated rings. The Hall–Kier alpha value is -2.01. The van der Waals surface area contributed by atoms with E-state index >= 15 is 0 Å². The Bertz CT molecular complexity index is 1360. The molecule has 2 spiro atoms. The normalized spacial score (nSPS) is 40.7. The first-order chi connectivity index (χ1) is 18.3. The average Bonchev–Trinajstić information content (AvgIpc) is 3.42. The Morgan fingerprint density at radius 2 is 1.95 bits per heavy atom. The summed E-state index contributed by atoms with van der Waals surface area (Å²) in [5, 5.41) is 2.55. The summed E-state index contributed by atoms with van der Waals surface area (Å²) in [5.74, 6) is 1.16. The molecule has 2 aromatic rings. The number of allylic oxidation sites excluding steroid dienone is 1. The Balaban J connectivity index is 1.10. The highest BCUT2D eigenvalue weighted by Gasteiger charge is 2.66. The molecule has 4 heterocycles. The van der Waals surface area contributed by atoms with Gasteiger partial charge in [0.1, 0.15) is 0 Å². The molecule has 0 radical (unpaired) electrons. The van der Waals surface area contributed by atoms with E-state index in [0.29, 0.717) is 23.3 Å². The largest absolute Gasteiger partial charge is 0.380 e. The molecule has 0 N–H and O–H groups in total. The van der Waals surface area contributed by atoms with Gasteiger partial charge in [-0.25, -0.2) is 0 Å². The van der Waals surface area contributed by atoms with Gasteiger partial charge in [-0.2, -0.15) is 0 Å². The van der Waals surface area contributed by atoms with Gasteiger partial charge in [0.15, 0.2) is 0 Å². The van der Waals surface area contributed by atoms with Crippen molar-refractivity contribution in [3.8, 4) is 0 Å². The van der Waals surface area contributed by atoms with Gasteiger partial charge in [-0.05, 0) is 110 Å². The summed E-state index contributed by atoms with van der Waals surface area (Å²) in [6, 6.07) is 9.84. The number of fused-ring (bicyclic) bond motifs is 2. The minimum Gasteiger partial charge on any atom is -0.380 e. The molecule has 6 atom stereocenters. The first-order valence-electron chi connectivity index (χ1n) is 15.1. The van der Waals surface area contributed by atoms with Crippen LogP contribution in [0.4, 0.5) is 0 Å².